The van der Waals surface area contributed by atoms with E-state index in [2.05, 4.69) is 44.1 Å². The van der Waals surface area contributed by atoms with E-state index < -0.39 is 0 Å². The smallest absolute Gasteiger partial charge is 0.296 e. The van der Waals surface area contributed by atoms with Gasteiger partial charge in [-0.1, -0.05) is 24.3 Å². The average Bonchev–Trinajstić information content (AvgIpc) is 2.59. The van der Waals surface area contributed by atoms with Crippen molar-refractivity contribution < 1.29 is 4.79 Å². The molecule has 1 aliphatic rings. The molecular weight excluding hydrogens is 254 g/mol. The molecule has 1 aromatic carbocycles. The van der Waals surface area contributed by atoms with Crippen LogP contribution in [0.25, 0.3) is 0 Å². The summed E-state index contributed by atoms with van der Waals surface area (Å²) < 4.78 is 0. The van der Waals surface area contributed by atoms with Gasteiger partial charge in [-0.3, -0.25) is 4.79 Å². The van der Waals surface area contributed by atoms with Gasteiger partial charge in [0.2, 0.25) is 0 Å². The fraction of sp³-hybridized carbons (Fsp3) is 0.250. The average molecular weight is 264 g/mol. The molecule has 1 amide bonds. The highest BCUT2D eigenvalue weighted by molar-refractivity contribution is 9.12. The van der Waals surface area contributed by atoms with Gasteiger partial charge >= 0.3 is 0 Å². The predicted octanol–water partition coefficient (Wildman–Crippen LogP) is 1.63. The van der Waals surface area contributed by atoms with Crippen LogP contribution in [0, 0.1) is 10.8 Å². The van der Waals surface area contributed by atoms with E-state index in [4.69, 9.17) is 0 Å². The van der Waals surface area contributed by atoms with Crippen LogP contribution in [-0.2, 0) is 17.6 Å². The molecule has 0 bridgehead atoms. The van der Waals surface area contributed by atoms with E-state index in [0.717, 1.165) is 12.8 Å². The van der Waals surface area contributed by atoms with Crippen molar-refractivity contribution in [3.8, 4) is 10.8 Å². The maximum Gasteiger partial charge on any atom is 0.296 e. The molecule has 2 nitrogen and oxygen atoms in total. The summed E-state index contributed by atoms with van der Waals surface area (Å²) in [6, 6.07) is 8.47. The lowest BCUT2D eigenvalue weighted by Gasteiger charge is -2.08. The van der Waals surface area contributed by atoms with Crippen LogP contribution in [0.1, 0.15) is 11.1 Å². The van der Waals surface area contributed by atoms with Crippen LogP contribution in [0.2, 0.25) is 0 Å². The fourth-order valence-electron chi connectivity index (χ4n) is 1.93. The first kappa shape index (κ1) is 10.3. The second kappa shape index (κ2) is 4.50. The molecule has 0 saturated carbocycles. The molecular formula is C12H10BrNO. The number of hydrogen-bond acceptors (Lipinski definition) is 1. The highest BCUT2D eigenvalue weighted by atomic mass is 79.9. The van der Waals surface area contributed by atoms with Crippen molar-refractivity contribution in [2.75, 3.05) is 0 Å². The number of rotatable bonds is 1. The molecule has 0 fully saturated rings. The van der Waals surface area contributed by atoms with Crippen molar-refractivity contribution in [3.63, 3.8) is 0 Å². The van der Waals surface area contributed by atoms with Gasteiger partial charge in [0.25, 0.3) is 5.91 Å². The third-order valence-electron chi connectivity index (χ3n) is 2.55. The number of carbonyl (C=O) groups is 1. The van der Waals surface area contributed by atoms with Gasteiger partial charge in [-0.2, -0.15) is 0 Å². The largest absolute Gasteiger partial charge is 0.342 e. The summed E-state index contributed by atoms with van der Waals surface area (Å²) in [5.74, 6) is 2.20. The van der Waals surface area contributed by atoms with Gasteiger partial charge in [0.05, 0.1) is 0 Å². The molecule has 0 spiro atoms. The van der Waals surface area contributed by atoms with Gasteiger partial charge in [0, 0.05) is 27.9 Å². The summed E-state index contributed by atoms with van der Waals surface area (Å²) in [4.78, 5) is 13.6. The molecule has 2 rings (SSSR count). The summed E-state index contributed by atoms with van der Waals surface area (Å²) in [6.45, 7) is 0. The molecule has 0 aromatic heterocycles. The summed E-state index contributed by atoms with van der Waals surface area (Å²) >= 11 is 2.91. The lowest BCUT2D eigenvalue weighted by molar-refractivity contribution is -0.116. The van der Waals surface area contributed by atoms with Gasteiger partial charge in [-0.05, 0) is 28.8 Å². The minimum atomic E-state index is -0.218. The van der Waals surface area contributed by atoms with Gasteiger partial charge in [-0.25, -0.2) is 0 Å². The lowest BCUT2D eigenvalue weighted by Crippen LogP contribution is -2.34. The number of nitrogens with one attached hydrogen (secondary N) is 1. The van der Waals surface area contributed by atoms with E-state index in [9.17, 15) is 4.79 Å². The van der Waals surface area contributed by atoms with Crippen LogP contribution in [0.4, 0.5) is 0 Å². The Kier molecular flexibility index (Phi) is 3.08. The fourth-order valence-corrected chi connectivity index (χ4v) is 2.11. The number of hydrogen-bond donors (Lipinski definition) is 1. The Balaban J connectivity index is 2.01. The molecule has 1 aromatic rings. The highest BCUT2D eigenvalue weighted by Gasteiger charge is 2.21. The maximum absolute atomic E-state index is 11.2. The Morgan fingerprint density at radius 3 is 2.47 bits per heavy atom. The molecule has 0 radical (unpaired) electrons. The van der Waals surface area contributed by atoms with Crippen LogP contribution in [0.15, 0.2) is 24.3 Å². The van der Waals surface area contributed by atoms with E-state index in [-0.39, 0.29) is 11.9 Å². The molecule has 0 aliphatic heterocycles. The Morgan fingerprint density at radius 1 is 1.33 bits per heavy atom. The van der Waals surface area contributed by atoms with Crippen molar-refractivity contribution >= 4 is 21.8 Å². The molecule has 0 saturated heterocycles. The van der Waals surface area contributed by atoms with Gasteiger partial charge < -0.3 is 5.32 Å². The summed E-state index contributed by atoms with van der Waals surface area (Å²) in [5.41, 5.74) is 2.66. The number of halogens is 1. The van der Waals surface area contributed by atoms with E-state index >= 15 is 0 Å². The van der Waals surface area contributed by atoms with Gasteiger partial charge in [0.15, 0.2) is 0 Å². The molecule has 0 atom stereocenters. The number of amides is 1. The SMILES string of the molecule is O=C(C#CBr)NC1Cc2ccccc2C1. The number of fused-ring (bicyclic) bond motifs is 1. The minimum Gasteiger partial charge on any atom is -0.342 e. The molecule has 1 N–H and O–H groups in total. The third-order valence-corrected chi connectivity index (χ3v) is 2.75. The highest BCUT2D eigenvalue weighted by Crippen LogP contribution is 2.21. The van der Waals surface area contributed by atoms with Gasteiger partial charge in [0.1, 0.15) is 0 Å². The van der Waals surface area contributed by atoms with Crippen molar-refractivity contribution in [2.45, 2.75) is 18.9 Å². The standard InChI is InChI=1S/C12H10BrNO/c13-6-5-12(15)14-11-7-9-3-1-2-4-10(9)8-11/h1-4,11H,7-8H2,(H,14,15). The van der Waals surface area contributed by atoms with E-state index in [1.165, 1.54) is 11.1 Å². The minimum absolute atomic E-state index is 0.197. The van der Waals surface area contributed by atoms with Gasteiger partial charge in [-0.15, -0.1) is 0 Å². The van der Waals surface area contributed by atoms with E-state index in [1.54, 1.807) is 0 Å². The topological polar surface area (TPSA) is 29.1 Å². The third kappa shape index (κ3) is 2.40. The first-order valence-electron chi connectivity index (χ1n) is 4.78. The maximum atomic E-state index is 11.2. The normalized spacial score (nSPS) is 13.9. The van der Waals surface area contributed by atoms with Crippen molar-refractivity contribution in [1.82, 2.24) is 5.32 Å². The zero-order valence-electron chi connectivity index (χ0n) is 8.09. The van der Waals surface area contributed by atoms with E-state index in [0.29, 0.717) is 0 Å². The summed E-state index contributed by atoms with van der Waals surface area (Å²) in [7, 11) is 0. The molecule has 0 heterocycles. The van der Waals surface area contributed by atoms with Crippen molar-refractivity contribution in [1.29, 1.82) is 0 Å². The number of carbonyl (C=O) groups excluding carboxylic acids is 1. The summed E-state index contributed by atoms with van der Waals surface area (Å²) in [5, 5.41) is 2.88. The second-order valence-electron chi connectivity index (χ2n) is 3.57. The molecule has 0 unspecified atom stereocenters. The van der Waals surface area contributed by atoms with Crippen LogP contribution < -0.4 is 5.32 Å². The monoisotopic (exact) mass is 263 g/mol. The summed E-state index contributed by atoms with van der Waals surface area (Å²) in [6.07, 6.45) is 1.82. The quantitative estimate of drug-likeness (QED) is 0.767. The predicted molar refractivity (Wildman–Crippen MR) is 62.5 cm³/mol. The molecule has 1 aliphatic carbocycles. The first-order valence-corrected chi connectivity index (χ1v) is 5.58. The zero-order valence-corrected chi connectivity index (χ0v) is 9.67. The van der Waals surface area contributed by atoms with Crippen LogP contribution in [-0.4, -0.2) is 11.9 Å². The Morgan fingerprint density at radius 2 is 1.93 bits per heavy atom. The first-order chi connectivity index (χ1) is 7.29. The Hall–Kier alpha value is -1.27. The zero-order chi connectivity index (χ0) is 10.7. The van der Waals surface area contributed by atoms with Crippen LogP contribution >= 0.6 is 15.9 Å². The van der Waals surface area contributed by atoms with Crippen molar-refractivity contribution in [2.24, 2.45) is 0 Å². The van der Waals surface area contributed by atoms with Crippen LogP contribution in [0.5, 0.6) is 0 Å². The molecule has 15 heavy (non-hydrogen) atoms. The Labute approximate surface area is 97.2 Å². The van der Waals surface area contributed by atoms with E-state index in [1.807, 2.05) is 12.1 Å². The van der Waals surface area contributed by atoms with Crippen LogP contribution in [0.3, 0.4) is 0 Å². The van der Waals surface area contributed by atoms with Crippen molar-refractivity contribution in [3.05, 3.63) is 35.4 Å². The second-order valence-corrected chi connectivity index (χ2v) is 3.96. The lowest BCUT2D eigenvalue weighted by atomic mass is 10.1. The molecule has 3 heteroatoms. The Bertz CT molecular complexity index is 419. The number of benzene rings is 1. The molecule has 76 valence electrons.